The van der Waals surface area contributed by atoms with Crippen molar-refractivity contribution in [2.75, 3.05) is 11.4 Å². The number of nitrogens with zero attached hydrogens (tertiary/aromatic N) is 1. The van der Waals surface area contributed by atoms with Gasteiger partial charge in [0.15, 0.2) is 0 Å². The molecule has 3 rings (SSSR count). The molecule has 0 aliphatic carbocycles. The van der Waals surface area contributed by atoms with Gasteiger partial charge in [0.2, 0.25) is 11.7 Å². The third kappa shape index (κ3) is 3.85. The lowest BCUT2D eigenvalue weighted by molar-refractivity contribution is -0.138. The molecule has 0 bridgehead atoms. The molecule has 2 amide bonds. The highest BCUT2D eigenvalue weighted by atomic mass is 19.1. The summed E-state index contributed by atoms with van der Waals surface area (Å²) >= 11 is 0. The van der Waals surface area contributed by atoms with Crippen molar-refractivity contribution in [2.45, 2.75) is 6.42 Å². The van der Waals surface area contributed by atoms with Crippen LogP contribution in [0.1, 0.15) is 17.5 Å². The Morgan fingerprint density at radius 2 is 1.54 bits per heavy atom. The Labute approximate surface area is 149 Å². The van der Waals surface area contributed by atoms with Crippen molar-refractivity contribution in [3.63, 3.8) is 0 Å². The number of rotatable bonds is 5. The van der Waals surface area contributed by atoms with E-state index in [1.54, 1.807) is 24.3 Å². The van der Waals surface area contributed by atoms with Gasteiger partial charge in [0, 0.05) is 18.7 Å². The molecule has 0 radical (unpaired) electrons. The second kappa shape index (κ2) is 7.31. The Kier molecular flexibility index (Phi) is 4.93. The van der Waals surface area contributed by atoms with E-state index in [9.17, 15) is 18.8 Å². The van der Waals surface area contributed by atoms with Gasteiger partial charge in [-0.1, -0.05) is 36.4 Å². The minimum Gasteiger partial charge on any atom is -0.363 e. The van der Waals surface area contributed by atoms with Gasteiger partial charge in [0.05, 0.1) is 5.92 Å². The summed E-state index contributed by atoms with van der Waals surface area (Å²) in [5, 5.41) is 0. The first-order valence-electron chi connectivity index (χ1n) is 8.12. The predicted molar refractivity (Wildman–Crippen MR) is 96.4 cm³/mol. The summed E-state index contributed by atoms with van der Waals surface area (Å²) < 4.78 is 12.9. The van der Waals surface area contributed by atoms with E-state index in [2.05, 4.69) is 0 Å². The standard InChI is InChI=1S/C20H17FN2O3/c21-16-7-3-13(4-8-16)1-2-14-5-9-17(10-6-14)23-12-15(11-18(23)24)19(25)20(22)26/h1-10,15H,11-12H2,(H2,22,26)/b2-1+. The Morgan fingerprint density at radius 1 is 1.00 bits per heavy atom. The molecule has 1 fully saturated rings. The fourth-order valence-electron chi connectivity index (χ4n) is 2.87. The minimum atomic E-state index is -1.01. The number of anilines is 1. The fourth-order valence-corrected chi connectivity index (χ4v) is 2.87. The second-order valence-corrected chi connectivity index (χ2v) is 6.11. The van der Waals surface area contributed by atoms with Crippen LogP contribution in [0, 0.1) is 11.7 Å². The number of nitrogens with two attached hydrogens (primary N) is 1. The summed E-state index contributed by atoms with van der Waals surface area (Å²) in [4.78, 5) is 36.3. The van der Waals surface area contributed by atoms with Crippen LogP contribution in [0.15, 0.2) is 48.5 Å². The summed E-state index contributed by atoms with van der Waals surface area (Å²) in [6.45, 7) is 0.158. The van der Waals surface area contributed by atoms with Crippen LogP contribution in [-0.2, 0) is 14.4 Å². The summed E-state index contributed by atoms with van der Waals surface area (Å²) in [6, 6.07) is 13.4. The molecule has 1 aliphatic heterocycles. The predicted octanol–water partition coefficient (Wildman–Crippen LogP) is 2.40. The van der Waals surface area contributed by atoms with E-state index in [1.807, 2.05) is 24.3 Å². The first-order valence-corrected chi connectivity index (χ1v) is 8.12. The van der Waals surface area contributed by atoms with Crippen LogP contribution < -0.4 is 10.6 Å². The number of halogens is 1. The van der Waals surface area contributed by atoms with Gasteiger partial charge < -0.3 is 10.6 Å². The first-order chi connectivity index (χ1) is 12.4. The molecule has 2 aromatic carbocycles. The highest BCUT2D eigenvalue weighted by Crippen LogP contribution is 2.26. The van der Waals surface area contributed by atoms with Crippen molar-refractivity contribution >= 4 is 35.4 Å². The van der Waals surface area contributed by atoms with Gasteiger partial charge in [0.25, 0.3) is 5.91 Å². The van der Waals surface area contributed by atoms with E-state index in [0.29, 0.717) is 5.69 Å². The monoisotopic (exact) mass is 352 g/mol. The molecule has 132 valence electrons. The van der Waals surface area contributed by atoms with Gasteiger partial charge >= 0.3 is 0 Å². The van der Waals surface area contributed by atoms with Gasteiger partial charge in [-0.2, -0.15) is 0 Å². The number of hydrogen-bond donors (Lipinski definition) is 1. The molecule has 2 aromatic rings. The van der Waals surface area contributed by atoms with Crippen molar-refractivity contribution in [3.8, 4) is 0 Å². The zero-order chi connectivity index (χ0) is 18.7. The topological polar surface area (TPSA) is 80.5 Å². The van der Waals surface area contributed by atoms with Crippen molar-refractivity contribution in [3.05, 3.63) is 65.5 Å². The molecule has 26 heavy (non-hydrogen) atoms. The van der Waals surface area contributed by atoms with Crippen LogP contribution in [0.25, 0.3) is 12.2 Å². The Balaban J connectivity index is 1.69. The van der Waals surface area contributed by atoms with Gasteiger partial charge in [-0.05, 0) is 35.4 Å². The third-order valence-corrected chi connectivity index (χ3v) is 4.28. The van der Waals surface area contributed by atoms with Gasteiger partial charge in [-0.3, -0.25) is 14.4 Å². The number of primary amides is 1. The summed E-state index contributed by atoms with van der Waals surface area (Å²) in [5.41, 5.74) is 7.45. The Hall–Kier alpha value is -3.28. The molecule has 0 spiro atoms. The normalized spacial score (nSPS) is 17.0. The molecular weight excluding hydrogens is 335 g/mol. The molecule has 6 heteroatoms. The molecule has 1 heterocycles. The maximum Gasteiger partial charge on any atom is 0.285 e. The Morgan fingerprint density at radius 3 is 2.08 bits per heavy atom. The highest BCUT2D eigenvalue weighted by Gasteiger charge is 2.36. The maximum absolute atomic E-state index is 12.9. The van der Waals surface area contributed by atoms with Crippen LogP contribution in [0.4, 0.5) is 10.1 Å². The summed E-state index contributed by atoms with van der Waals surface area (Å²) in [7, 11) is 0. The van der Waals surface area contributed by atoms with Crippen molar-refractivity contribution in [2.24, 2.45) is 11.7 Å². The number of hydrogen-bond acceptors (Lipinski definition) is 3. The number of amides is 2. The van der Waals surface area contributed by atoms with Crippen LogP contribution in [0.3, 0.4) is 0 Å². The lowest BCUT2D eigenvalue weighted by Gasteiger charge is -2.16. The zero-order valence-corrected chi connectivity index (χ0v) is 13.9. The van der Waals surface area contributed by atoms with Crippen molar-refractivity contribution < 1.29 is 18.8 Å². The smallest absolute Gasteiger partial charge is 0.285 e. The van der Waals surface area contributed by atoms with Gasteiger partial charge in [-0.15, -0.1) is 0 Å². The molecule has 0 saturated carbocycles. The van der Waals surface area contributed by atoms with E-state index in [-0.39, 0.29) is 24.7 Å². The van der Waals surface area contributed by atoms with E-state index in [1.165, 1.54) is 17.0 Å². The maximum atomic E-state index is 12.9. The van der Waals surface area contributed by atoms with E-state index in [0.717, 1.165) is 11.1 Å². The molecule has 5 nitrogen and oxygen atoms in total. The van der Waals surface area contributed by atoms with Crippen LogP contribution in [-0.4, -0.2) is 24.1 Å². The molecule has 1 saturated heterocycles. The molecule has 1 aliphatic rings. The first kappa shape index (κ1) is 17.5. The number of carbonyl (C=O) groups is 3. The molecular formula is C20H17FN2O3. The SMILES string of the molecule is NC(=O)C(=O)C1CC(=O)N(c2ccc(/C=C/c3ccc(F)cc3)cc2)C1. The van der Waals surface area contributed by atoms with Crippen molar-refractivity contribution in [1.82, 2.24) is 0 Å². The summed E-state index contributed by atoms with van der Waals surface area (Å²) in [5.74, 6) is -2.89. The molecule has 0 aromatic heterocycles. The van der Waals surface area contributed by atoms with Crippen molar-refractivity contribution in [1.29, 1.82) is 0 Å². The Bertz CT molecular complexity index is 873. The summed E-state index contributed by atoms with van der Waals surface area (Å²) in [6.07, 6.45) is 3.73. The minimum absolute atomic E-state index is 0.00596. The quantitative estimate of drug-likeness (QED) is 0.663. The van der Waals surface area contributed by atoms with E-state index < -0.39 is 17.6 Å². The fraction of sp³-hybridized carbons (Fsp3) is 0.150. The van der Waals surface area contributed by atoms with Gasteiger partial charge in [0.1, 0.15) is 5.82 Å². The highest BCUT2D eigenvalue weighted by molar-refractivity contribution is 6.37. The molecule has 1 unspecified atom stereocenters. The third-order valence-electron chi connectivity index (χ3n) is 4.28. The van der Waals surface area contributed by atoms with E-state index in [4.69, 9.17) is 5.73 Å². The number of benzene rings is 2. The zero-order valence-electron chi connectivity index (χ0n) is 13.9. The lowest BCUT2D eigenvalue weighted by Crippen LogP contribution is -2.32. The van der Waals surface area contributed by atoms with Crippen LogP contribution in [0.5, 0.6) is 0 Å². The van der Waals surface area contributed by atoms with Crippen LogP contribution >= 0.6 is 0 Å². The molecule has 2 N–H and O–H groups in total. The van der Waals surface area contributed by atoms with Gasteiger partial charge in [-0.25, -0.2) is 4.39 Å². The number of carbonyl (C=O) groups excluding carboxylic acids is 3. The number of Topliss-reactive ketones (excluding diaryl/α,β-unsaturated/α-hetero) is 1. The average Bonchev–Trinajstić information content (AvgIpc) is 3.02. The van der Waals surface area contributed by atoms with Crippen LogP contribution in [0.2, 0.25) is 0 Å². The molecule has 1 atom stereocenters. The van der Waals surface area contributed by atoms with E-state index >= 15 is 0 Å². The largest absolute Gasteiger partial charge is 0.363 e. The lowest BCUT2D eigenvalue weighted by atomic mass is 10.0. The number of ketones is 1. The second-order valence-electron chi connectivity index (χ2n) is 6.11. The average molecular weight is 352 g/mol.